The summed E-state index contributed by atoms with van der Waals surface area (Å²) in [6.07, 6.45) is 2.19. The minimum Gasteiger partial charge on any atom is -0.380 e. The van der Waals surface area contributed by atoms with E-state index in [0.717, 1.165) is 30.8 Å². The third-order valence-electron chi connectivity index (χ3n) is 3.33. The van der Waals surface area contributed by atoms with Crippen molar-refractivity contribution < 1.29 is 9.13 Å². The van der Waals surface area contributed by atoms with Gasteiger partial charge in [-0.2, -0.15) is 0 Å². The molecule has 0 saturated heterocycles. The maximum Gasteiger partial charge on any atom is 0.128 e. The van der Waals surface area contributed by atoms with Crippen molar-refractivity contribution in [2.45, 2.75) is 39.1 Å². The number of halogens is 2. The molecule has 1 heterocycles. The molecule has 1 aromatic carbocycles. The van der Waals surface area contributed by atoms with E-state index in [-0.39, 0.29) is 5.82 Å². The van der Waals surface area contributed by atoms with Gasteiger partial charge in [-0.15, -0.1) is 11.6 Å². The fourth-order valence-electron chi connectivity index (χ4n) is 2.16. The zero-order chi connectivity index (χ0) is 14.5. The van der Waals surface area contributed by atoms with Gasteiger partial charge in [-0.3, -0.25) is 0 Å². The van der Waals surface area contributed by atoms with Crippen molar-refractivity contribution in [2.24, 2.45) is 0 Å². The van der Waals surface area contributed by atoms with E-state index in [0.29, 0.717) is 30.1 Å². The molecule has 110 valence electrons. The van der Waals surface area contributed by atoms with E-state index in [1.165, 1.54) is 6.07 Å². The zero-order valence-electron chi connectivity index (χ0n) is 12.0. The fraction of sp³-hybridized carbons (Fsp3) is 0.533. The third kappa shape index (κ3) is 3.30. The van der Waals surface area contributed by atoms with Crippen molar-refractivity contribution in [3.05, 3.63) is 29.3 Å². The lowest BCUT2D eigenvalue weighted by Gasteiger charge is -2.09. The van der Waals surface area contributed by atoms with Crippen LogP contribution in [-0.4, -0.2) is 22.8 Å². The van der Waals surface area contributed by atoms with E-state index >= 15 is 0 Å². The first-order chi connectivity index (χ1) is 9.67. The number of nitrogens with zero attached hydrogens (tertiary/aromatic N) is 2. The Morgan fingerprint density at radius 2 is 2.15 bits per heavy atom. The molecule has 0 atom stereocenters. The molecule has 0 aliphatic heterocycles. The van der Waals surface area contributed by atoms with Crippen molar-refractivity contribution in [3.8, 4) is 0 Å². The number of alkyl halides is 1. The van der Waals surface area contributed by atoms with Crippen LogP contribution in [0.5, 0.6) is 0 Å². The molecule has 3 nitrogen and oxygen atoms in total. The molecule has 0 spiro atoms. The molecule has 0 amide bonds. The molecular weight excluding hydrogens is 279 g/mol. The Labute approximate surface area is 123 Å². The van der Waals surface area contributed by atoms with Crippen LogP contribution < -0.4 is 0 Å². The summed E-state index contributed by atoms with van der Waals surface area (Å²) in [4.78, 5) is 4.38. The molecule has 1 aromatic heterocycles. The molecule has 0 aliphatic rings. The largest absolute Gasteiger partial charge is 0.380 e. The summed E-state index contributed by atoms with van der Waals surface area (Å²) >= 11 is 5.93. The van der Waals surface area contributed by atoms with Gasteiger partial charge in [0, 0.05) is 19.2 Å². The fourth-order valence-corrected chi connectivity index (χ4v) is 2.36. The van der Waals surface area contributed by atoms with Crippen LogP contribution in [0.4, 0.5) is 4.39 Å². The number of hydrogen-bond donors (Lipinski definition) is 0. The van der Waals surface area contributed by atoms with Gasteiger partial charge in [-0.1, -0.05) is 13.3 Å². The highest BCUT2D eigenvalue weighted by Crippen LogP contribution is 2.21. The molecule has 20 heavy (non-hydrogen) atoms. The summed E-state index contributed by atoms with van der Waals surface area (Å²) in [6.45, 7) is 5.96. The summed E-state index contributed by atoms with van der Waals surface area (Å²) in [7, 11) is 0. The predicted octanol–water partition coefficient (Wildman–Crippen LogP) is 4.04. The molecule has 5 heteroatoms. The number of aryl methyl sites for hydroxylation is 1. The Hall–Kier alpha value is -1.13. The van der Waals surface area contributed by atoms with Crippen LogP contribution in [0, 0.1) is 12.7 Å². The van der Waals surface area contributed by atoms with Crippen molar-refractivity contribution in [1.82, 2.24) is 9.55 Å². The molecule has 2 aromatic rings. The lowest BCUT2D eigenvalue weighted by atomic mass is 10.2. The van der Waals surface area contributed by atoms with Crippen molar-refractivity contribution in [2.75, 3.05) is 13.2 Å². The van der Waals surface area contributed by atoms with Crippen molar-refractivity contribution >= 4 is 22.6 Å². The maximum absolute atomic E-state index is 13.6. The number of unbranched alkanes of at least 4 members (excludes halogenated alkanes) is 1. The van der Waals surface area contributed by atoms with Gasteiger partial charge in [-0.25, -0.2) is 9.37 Å². The minimum atomic E-state index is -0.234. The second-order valence-electron chi connectivity index (χ2n) is 4.87. The Bertz CT molecular complexity index is 583. The number of fused-ring (bicyclic) bond motifs is 1. The first-order valence-corrected chi connectivity index (χ1v) is 7.49. The minimum absolute atomic E-state index is 0.234. The van der Waals surface area contributed by atoms with Gasteiger partial charge in [0.05, 0.1) is 23.5 Å². The molecular formula is C15H20ClFN2O. The Kier molecular flexibility index (Phi) is 5.38. The normalized spacial score (nSPS) is 11.4. The van der Waals surface area contributed by atoms with Crippen LogP contribution in [0.1, 0.15) is 31.2 Å². The molecule has 2 rings (SSSR count). The monoisotopic (exact) mass is 298 g/mol. The molecule has 0 fully saturated rings. The molecule has 0 radical (unpaired) electrons. The zero-order valence-corrected chi connectivity index (χ0v) is 12.7. The van der Waals surface area contributed by atoms with Crippen LogP contribution in [0.15, 0.2) is 12.1 Å². The first-order valence-electron chi connectivity index (χ1n) is 6.96. The SMILES string of the molecule is CCCCOCCn1c(CCl)nc2cc(F)c(C)cc21. The van der Waals surface area contributed by atoms with Gasteiger partial charge in [0.25, 0.3) is 0 Å². The van der Waals surface area contributed by atoms with E-state index < -0.39 is 0 Å². The Morgan fingerprint density at radius 3 is 2.85 bits per heavy atom. The average Bonchev–Trinajstić information content (AvgIpc) is 2.76. The highest BCUT2D eigenvalue weighted by Gasteiger charge is 2.12. The Morgan fingerprint density at radius 1 is 1.35 bits per heavy atom. The van der Waals surface area contributed by atoms with Crippen molar-refractivity contribution in [3.63, 3.8) is 0 Å². The van der Waals surface area contributed by atoms with Crippen LogP contribution in [-0.2, 0) is 17.2 Å². The number of hydrogen-bond acceptors (Lipinski definition) is 2. The summed E-state index contributed by atoms with van der Waals surface area (Å²) in [6, 6.07) is 3.29. The number of rotatable bonds is 7. The van der Waals surface area contributed by atoms with Crippen LogP contribution in [0.25, 0.3) is 11.0 Å². The quantitative estimate of drug-likeness (QED) is 0.570. The smallest absolute Gasteiger partial charge is 0.128 e. The number of ether oxygens (including phenoxy) is 1. The van der Waals surface area contributed by atoms with Gasteiger partial charge < -0.3 is 9.30 Å². The van der Waals surface area contributed by atoms with Crippen LogP contribution in [0.2, 0.25) is 0 Å². The average molecular weight is 299 g/mol. The second kappa shape index (κ2) is 7.04. The predicted molar refractivity (Wildman–Crippen MR) is 79.7 cm³/mol. The van der Waals surface area contributed by atoms with E-state index in [9.17, 15) is 4.39 Å². The number of imidazole rings is 1. The van der Waals surface area contributed by atoms with E-state index in [1.54, 1.807) is 6.92 Å². The first kappa shape index (κ1) is 15.3. The van der Waals surface area contributed by atoms with E-state index in [4.69, 9.17) is 16.3 Å². The highest BCUT2D eigenvalue weighted by atomic mass is 35.5. The molecule has 0 aliphatic carbocycles. The van der Waals surface area contributed by atoms with Gasteiger partial charge >= 0.3 is 0 Å². The van der Waals surface area contributed by atoms with E-state index in [1.807, 2.05) is 10.6 Å². The highest BCUT2D eigenvalue weighted by molar-refractivity contribution is 6.16. The van der Waals surface area contributed by atoms with Gasteiger partial charge in [0.1, 0.15) is 11.6 Å². The second-order valence-corrected chi connectivity index (χ2v) is 5.14. The maximum atomic E-state index is 13.6. The lowest BCUT2D eigenvalue weighted by molar-refractivity contribution is 0.124. The van der Waals surface area contributed by atoms with Gasteiger partial charge in [-0.05, 0) is 25.0 Å². The van der Waals surface area contributed by atoms with Crippen molar-refractivity contribution in [1.29, 1.82) is 0 Å². The summed E-state index contributed by atoms with van der Waals surface area (Å²) < 4.78 is 21.2. The Balaban J connectivity index is 2.19. The molecule has 0 saturated carbocycles. The molecule has 0 bridgehead atoms. The van der Waals surface area contributed by atoms with Gasteiger partial charge in [0.2, 0.25) is 0 Å². The van der Waals surface area contributed by atoms with Gasteiger partial charge in [0.15, 0.2) is 0 Å². The summed E-state index contributed by atoms with van der Waals surface area (Å²) in [5.41, 5.74) is 2.18. The van der Waals surface area contributed by atoms with Crippen LogP contribution in [0.3, 0.4) is 0 Å². The topological polar surface area (TPSA) is 27.1 Å². The standard InChI is InChI=1S/C15H20ClFN2O/c1-3-4-6-20-7-5-19-14-8-11(2)12(17)9-13(14)18-15(19)10-16/h8-9H,3-7,10H2,1-2H3. The van der Waals surface area contributed by atoms with E-state index in [2.05, 4.69) is 11.9 Å². The lowest BCUT2D eigenvalue weighted by Crippen LogP contribution is -2.09. The molecule has 0 unspecified atom stereocenters. The third-order valence-corrected chi connectivity index (χ3v) is 3.57. The number of aromatic nitrogens is 2. The molecule has 0 N–H and O–H groups in total. The summed E-state index contributed by atoms with van der Waals surface area (Å²) in [5, 5.41) is 0. The summed E-state index contributed by atoms with van der Waals surface area (Å²) in [5.74, 6) is 0.831. The number of benzene rings is 1. The van der Waals surface area contributed by atoms with Crippen LogP contribution >= 0.6 is 11.6 Å².